The summed E-state index contributed by atoms with van der Waals surface area (Å²) in [5.41, 5.74) is 2.83. The molecule has 27 heavy (non-hydrogen) atoms. The van der Waals surface area contributed by atoms with Crippen LogP contribution >= 0.6 is 0 Å². The van der Waals surface area contributed by atoms with Crippen LogP contribution in [-0.2, 0) is 11.2 Å². The maximum Gasteiger partial charge on any atom is 0.161 e. The van der Waals surface area contributed by atoms with Crippen LogP contribution in [0.5, 0.6) is 11.5 Å². The van der Waals surface area contributed by atoms with Crippen LogP contribution < -0.4 is 9.47 Å². The predicted molar refractivity (Wildman–Crippen MR) is 107 cm³/mol. The molecule has 5 heteroatoms. The average molecular weight is 378 g/mol. The minimum atomic E-state index is -0.250. The van der Waals surface area contributed by atoms with Crippen LogP contribution in [0.1, 0.15) is 50.8 Å². The molecule has 3 unspecified atom stereocenters. The molecule has 0 spiro atoms. The zero-order chi connectivity index (χ0) is 19.6. The van der Waals surface area contributed by atoms with Crippen LogP contribution in [0, 0.1) is 11.3 Å². The van der Waals surface area contributed by atoms with Crippen molar-refractivity contribution in [1.82, 2.24) is 4.90 Å². The number of aliphatic hydroxyl groups excluding tert-OH is 1. The Hall–Kier alpha value is -1.30. The Morgan fingerprint density at radius 2 is 1.93 bits per heavy atom. The van der Waals surface area contributed by atoms with Gasteiger partial charge >= 0.3 is 0 Å². The largest absolute Gasteiger partial charge is 0.493 e. The highest BCUT2D eigenvalue weighted by Gasteiger charge is 2.39. The predicted octanol–water partition coefficient (Wildman–Crippen LogP) is 3.44. The Balaban J connectivity index is 1.80. The summed E-state index contributed by atoms with van der Waals surface area (Å²) in [6.07, 6.45) is 2.61. The second kappa shape index (κ2) is 8.38. The van der Waals surface area contributed by atoms with Crippen LogP contribution in [0.3, 0.4) is 0 Å². The molecule has 152 valence electrons. The van der Waals surface area contributed by atoms with E-state index in [9.17, 15) is 5.11 Å². The van der Waals surface area contributed by atoms with Gasteiger partial charge in [0.25, 0.3) is 0 Å². The quantitative estimate of drug-likeness (QED) is 0.770. The highest BCUT2D eigenvalue weighted by atomic mass is 16.5. The molecule has 0 bridgehead atoms. The van der Waals surface area contributed by atoms with E-state index >= 15 is 0 Å². The van der Waals surface area contributed by atoms with Crippen LogP contribution in [-0.4, -0.2) is 56.6 Å². The lowest BCUT2D eigenvalue weighted by atomic mass is 9.75. The van der Waals surface area contributed by atoms with Gasteiger partial charge in [0, 0.05) is 26.2 Å². The zero-order valence-corrected chi connectivity index (χ0v) is 17.5. The Labute approximate surface area is 163 Å². The van der Waals surface area contributed by atoms with Gasteiger partial charge in [-0.25, -0.2) is 0 Å². The highest BCUT2D eigenvalue weighted by Crippen LogP contribution is 2.44. The summed E-state index contributed by atoms with van der Waals surface area (Å²) in [6, 6.07) is 4.50. The standard InChI is InChI=1S/C22H35NO4/c1-22(2,3)13-16-14-23-7-6-15-10-21(27-9-8-25-4)20(26-5)11-17(15)18(23)12-19(16)24/h10-11,16,18-19,24H,6-9,12-14H2,1-5H3. The molecule has 0 radical (unpaired) electrons. The van der Waals surface area contributed by atoms with Crippen LogP contribution in [0.15, 0.2) is 12.1 Å². The van der Waals surface area contributed by atoms with Gasteiger partial charge in [-0.2, -0.15) is 0 Å². The van der Waals surface area contributed by atoms with Crippen molar-refractivity contribution in [1.29, 1.82) is 0 Å². The summed E-state index contributed by atoms with van der Waals surface area (Å²) in [6.45, 7) is 9.84. The lowest BCUT2D eigenvalue weighted by molar-refractivity contribution is -0.0259. The highest BCUT2D eigenvalue weighted by molar-refractivity contribution is 5.49. The van der Waals surface area contributed by atoms with Crippen LogP contribution in [0.2, 0.25) is 0 Å². The summed E-state index contributed by atoms with van der Waals surface area (Å²) in [4.78, 5) is 2.55. The minimum absolute atomic E-state index is 0.240. The van der Waals surface area contributed by atoms with Crippen molar-refractivity contribution < 1.29 is 19.3 Å². The van der Waals surface area contributed by atoms with Crippen molar-refractivity contribution in [2.75, 3.05) is 40.5 Å². The summed E-state index contributed by atoms with van der Waals surface area (Å²) in [7, 11) is 3.35. The molecular weight excluding hydrogens is 342 g/mol. The van der Waals surface area contributed by atoms with E-state index in [1.165, 1.54) is 11.1 Å². The van der Waals surface area contributed by atoms with Gasteiger partial charge in [-0.1, -0.05) is 20.8 Å². The fraction of sp³-hybridized carbons (Fsp3) is 0.727. The Kier molecular flexibility index (Phi) is 6.34. The van der Waals surface area contributed by atoms with E-state index in [2.05, 4.69) is 37.8 Å². The molecule has 2 aliphatic rings. The number of hydrogen-bond acceptors (Lipinski definition) is 5. The number of benzene rings is 1. The molecule has 1 N–H and O–H groups in total. The number of piperidine rings is 1. The molecule has 2 aliphatic heterocycles. The molecule has 1 fully saturated rings. The number of nitrogens with zero attached hydrogens (tertiary/aromatic N) is 1. The fourth-order valence-corrected chi connectivity index (χ4v) is 4.59. The normalized spacial score (nSPS) is 25.6. The lowest BCUT2D eigenvalue weighted by Gasteiger charge is -2.47. The summed E-state index contributed by atoms with van der Waals surface area (Å²) in [5, 5.41) is 10.8. The Morgan fingerprint density at radius 3 is 2.59 bits per heavy atom. The van der Waals surface area contributed by atoms with E-state index in [-0.39, 0.29) is 17.6 Å². The molecule has 1 saturated heterocycles. The first-order valence-electron chi connectivity index (χ1n) is 10.1. The summed E-state index contributed by atoms with van der Waals surface area (Å²) >= 11 is 0. The van der Waals surface area contributed by atoms with E-state index in [1.54, 1.807) is 14.2 Å². The second-order valence-corrected chi connectivity index (χ2v) is 9.13. The average Bonchev–Trinajstić information content (AvgIpc) is 2.61. The summed E-state index contributed by atoms with van der Waals surface area (Å²) < 4.78 is 16.5. The third kappa shape index (κ3) is 4.76. The van der Waals surface area contributed by atoms with Crippen molar-refractivity contribution in [3.63, 3.8) is 0 Å². The first kappa shape index (κ1) is 20.4. The molecule has 0 aromatic heterocycles. The summed E-state index contributed by atoms with van der Waals surface area (Å²) in [5.74, 6) is 1.89. The van der Waals surface area contributed by atoms with E-state index in [4.69, 9.17) is 14.2 Å². The SMILES string of the molecule is COCCOc1cc2c(cc1OC)C1CC(O)C(CC(C)(C)C)CN1CC2. The monoisotopic (exact) mass is 377 g/mol. The third-order valence-corrected chi connectivity index (χ3v) is 5.79. The number of hydrogen-bond donors (Lipinski definition) is 1. The van der Waals surface area contributed by atoms with Gasteiger partial charge in [0.15, 0.2) is 11.5 Å². The van der Waals surface area contributed by atoms with Crippen LogP contribution in [0.4, 0.5) is 0 Å². The van der Waals surface area contributed by atoms with Crippen molar-refractivity contribution in [3.8, 4) is 11.5 Å². The van der Waals surface area contributed by atoms with Gasteiger partial charge in [0.1, 0.15) is 6.61 Å². The molecule has 1 aromatic carbocycles. The number of methoxy groups -OCH3 is 2. The molecule has 3 rings (SSSR count). The van der Waals surface area contributed by atoms with Gasteiger partial charge in [-0.3, -0.25) is 4.90 Å². The molecule has 1 aromatic rings. The van der Waals surface area contributed by atoms with Gasteiger partial charge in [0.05, 0.1) is 19.8 Å². The number of fused-ring (bicyclic) bond motifs is 3. The number of ether oxygens (including phenoxy) is 3. The maximum atomic E-state index is 10.8. The van der Waals surface area contributed by atoms with Crippen molar-refractivity contribution in [2.45, 2.75) is 52.2 Å². The zero-order valence-electron chi connectivity index (χ0n) is 17.5. The minimum Gasteiger partial charge on any atom is -0.493 e. The number of rotatable bonds is 6. The van der Waals surface area contributed by atoms with Gasteiger partial charge in [0.2, 0.25) is 0 Å². The topological polar surface area (TPSA) is 51.2 Å². The molecule has 0 amide bonds. The van der Waals surface area contributed by atoms with Crippen LogP contribution in [0.25, 0.3) is 0 Å². The number of aliphatic hydroxyl groups is 1. The molecule has 0 aliphatic carbocycles. The van der Waals surface area contributed by atoms with E-state index in [1.807, 2.05) is 0 Å². The molecule has 2 heterocycles. The smallest absolute Gasteiger partial charge is 0.161 e. The molecule has 3 atom stereocenters. The van der Waals surface area contributed by atoms with Gasteiger partial charge < -0.3 is 19.3 Å². The first-order valence-corrected chi connectivity index (χ1v) is 10.1. The molecule has 5 nitrogen and oxygen atoms in total. The maximum absolute atomic E-state index is 10.8. The Bertz CT molecular complexity index is 640. The third-order valence-electron chi connectivity index (χ3n) is 5.79. The Morgan fingerprint density at radius 1 is 1.15 bits per heavy atom. The van der Waals surface area contributed by atoms with Crippen molar-refractivity contribution >= 4 is 0 Å². The van der Waals surface area contributed by atoms with Crippen molar-refractivity contribution in [2.24, 2.45) is 11.3 Å². The molecular formula is C22H35NO4. The second-order valence-electron chi connectivity index (χ2n) is 9.13. The van der Waals surface area contributed by atoms with E-state index in [0.29, 0.717) is 19.1 Å². The first-order chi connectivity index (χ1) is 12.8. The van der Waals surface area contributed by atoms with Gasteiger partial charge in [-0.05, 0) is 53.9 Å². The lowest BCUT2D eigenvalue weighted by Crippen LogP contribution is -2.48. The fourth-order valence-electron chi connectivity index (χ4n) is 4.59. The van der Waals surface area contributed by atoms with E-state index < -0.39 is 0 Å². The molecule has 0 saturated carbocycles. The van der Waals surface area contributed by atoms with Crippen molar-refractivity contribution in [3.05, 3.63) is 23.3 Å². The van der Waals surface area contributed by atoms with Gasteiger partial charge in [-0.15, -0.1) is 0 Å². The van der Waals surface area contributed by atoms with E-state index in [0.717, 1.165) is 43.9 Å².